The number of carbonyl (C=O) groups is 1. The van der Waals surface area contributed by atoms with E-state index in [1.54, 1.807) is 0 Å². The van der Waals surface area contributed by atoms with Crippen LogP contribution in [0.1, 0.15) is 32.4 Å². The highest BCUT2D eigenvalue weighted by molar-refractivity contribution is 5.86. The van der Waals surface area contributed by atoms with Crippen molar-refractivity contribution < 1.29 is 9.53 Å². The Bertz CT molecular complexity index is 660. The molecule has 0 N–H and O–H groups in total. The highest BCUT2D eigenvalue weighted by atomic mass is 16.6. The fourth-order valence-corrected chi connectivity index (χ4v) is 3.17. The third kappa shape index (κ3) is 2.37. The lowest BCUT2D eigenvalue weighted by atomic mass is 9.96. The maximum absolute atomic E-state index is 12.1. The number of amides is 1. The highest BCUT2D eigenvalue weighted by Gasteiger charge is 2.38. The van der Waals surface area contributed by atoms with Crippen LogP contribution in [0.3, 0.4) is 0 Å². The molecule has 0 aliphatic carbocycles. The van der Waals surface area contributed by atoms with Gasteiger partial charge in [-0.2, -0.15) is 0 Å². The smallest absolute Gasteiger partial charge is 0.410 e. The van der Waals surface area contributed by atoms with Crippen molar-refractivity contribution in [3.63, 3.8) is 0 Å². The van der Waals surface area contributed by atoms with E-state index >= 15 is 0 Å². The van der Waals surface area contributed by atoms with Crippen LogP contribution in [0.4, 0.5) is 4.79 Å². The minimum absolute atomic E-state index is 0.0125. The van der Waals surface area contributed by atoms with Crippen LogP contribution in [0.5, 0.6) is 0 Å². The van der Waals surface area contributed by atoms with Crippen LogP contribution in [0, 0.1) is 5.92 Å². The van der Waals surface area contributed by atoms with Gasteiger partial charge in [-0.05, 0) is 29.2 Å². The van der Waals surface area contributed by atoms with Crippen molar-refractivity contribution in [2.75, 3.05) is 6.61 Å². The molecule has 21 heavy (non-hydrogen) atoms. The second-order valence-electron chi connectivity index (χ2n) is 6.04. The van der Waals surface area contributed by atoms with Gasteiger partial charge in [0.05, 0.1) is 12.1 Å². The summed E-state index contributed by atoms with van der Waals surface area (Å²) >= 11 is 0. The van der Waals surface area contributed by atoms with Crippen molar-refractivity contribution in [2.45, 2.75) is 32.9 Å². The van der Waals surface area contributed by atoms with Gasteiger partial charge in [0.1, 0.15) is 6.61 Å². The Hall–Kier alpha value is -2.03. The maximum Gasteiger partial charge on any atom is 0.410 e. The molecule has 2 atom stereocenters. The summed E-state index contributed by atoms with van der Waals surface area (Å²) in [5.74, 6) is 0.383. The fourth-order valence-electron chi connectivity index (χ4n) is 3.17. The number of hydrogen-bond donors (Lipinski definition) is 0. The van der Waals surface area contributed by atoms with E-state index in [2.05, 4.69) is 51.1 Å². The number of nitrogens with zero attached hydrogens (tertiary/aromatic N) is 1. The molecule has 0 aromatic heterocycles. The van der Waals surface area contributed by atoms with Crippen LogP contribution in [-0.2, 0) is 4.74 Å². The molecule has 1 aliphatic rings. The summed E-state index contributed by atoms with van der Waals surface area (Å²) in [6.07, 6.45) is -0.200. The molecule has 110 valence electrons. The van der Waals surface area contributed by atoms with Crippen LogP contribution in [-0.4, -0.2) is 23.6 Å². The van der Waals surface area contributed by atoms with E-state index in [0.717, 1.165) is 0 Å². The number of rotatable bonds is 3. The lowest BCUT2D eigenvalue weighted by molar-refractivity contribution is 0.143. The van der Waals surface area contributed by atoms with Gasteiger partial charge in [-0.15, -0.1) is 0 Å². The van der Waals surface area contributed by atoms with Crippen LogP contribution in [0.15, 0.2) is 42.5 Å². The lowest BCUT2D eigenvalue weighted by Crippen LogP contribution is -2.39. The van der Waals surface area contributed by atoms with E-state index in [4.69, 9.17) is 4.74 Å². The Morgan fingerprint density at radius 1 is 1.10 bits per heavy atom. The SMILES string of the molecule is CC(C)[C@H]1COC(=O)N1[C@H](C)c1cccc2ccccc12. The average Bonchev–Trinajstić information content (AvgIpc) is 2.88. The van der Waals surface area contributed by atoms with Gasteiger partial charge >= 0.3 is 6.09 Å². The first-order valence-electron chi connectivity index (χ1n) is 7.52. The highest BCUT2D eigenvalue weighted by Crippen LogP contribution is 2.33. The van der Waals surface area contributed by atoms with Gasteiger partial charge in [0, 0.05) is 0 Å². The molecule has 1 saturated heterocycles. The van der Waals surface area contributed by atoms with Gasteiger partial charge in [-0.1, -0.05) is 56.3 Å². The number of hydrogen-bond acceptors (Lipinski definition) is 2. The van der Waals surface area contributed by atoms with E-state index in [1.807, 2.05) is 17.0 Å². The van der Waals surface area contributed by atoms with Crippen molar-refractivity contribution in [3.8, 4) is 0 Å². The molecule has 0 saturated carbocycles. The zero-order valence-electron chi connectivity index (χ0n) is 12.7. The molecule has 1 heterocycles. The van der Waals surface area contributed by atoms with Crippen molar-refractivity contribution in [3.05, 3.63) is 48.0 Å². The number of ether oxygens (including phenoxy) is 1. The Kier molecular flexibility index (Phi) is 3.58. The first-order chi connectivity index (χ1) is 10.1. The summed E-state index contributed by atoms with van der Waals surface area (Å²) in [6.45, 7) is 6.85. The number of carbonyl (C=O) groups excluding carboxylic acids is 1. The number of cyclic esters (lactones) is 1. The molecule has 3 heteroatoms. The second-order valence-corrected chi connectivity index (χ2v) is 6.04. The molecular weight excluding hydrogens is 262 g/mol. The quantitative estimate of drug-likeness (QED) is 0.836. The van der Waals surface area contributed by atoms with Gasteiger partial charge in [0.15, 0.2) is 0 Å². The van der Waals surface area contributed by atoms with E-state index in [-0.39, 0.29) is 18.2 Å². The second kappa shape index (κ2) is 5.40. The van der Waals surface area contributed by atoms with Crippen LogP contribution in [0.2, 0.25) is 0 Å². The summed E-state index contributed by atoms with van der Waals surface area (Å²) in [6, 6.07) is 14.7. The van der Waals surface area contributed by atoms with Crippen molar-refractivity contribution in [1.82, 2.24) is 4.90 Å². The molecule has 2 aromatic rings. The van der Waals surface area contributed by atoms with Crippen molar-refractivity contribution >= 4 is 16.9 Å². The Morgan fingerprint density at radius 2 is 1.81 bits per heavy atom. The maximum atomic E-state index is 12.1. The lowest BCUT2D eigenvalue weighted by Gasteiger charge is -2.31. The van der Waals surface area contributed by atoms with E-state index in [9.17, 15) is 4.79 Å². The van der Waals surface area contributed by atoms with Crippen LogP contribution in [0.25, 0.3) is 10.8 Å². The summed E-state index contributed by atoms with van der Waals surface area (Å²) in [5, 5.41) is 2.41. The van der Waals surface area contributed by atoms with Crippen molar-refractivity contribution in [1.29, 1.82) is 0 Å². The fraction of sp³-hybridized carbons (Fsp3) is 0.389. The average molecular weight is 283 g/mol. The minimum Gasteiger partial charge on any atom is -0.447 e. The normalized spacial score (nSPS) is 20.1. The largest absolute Gasteiger partial charge is 0.447 e. The standard InChI is InChI=1S/C18H21NO2/c1-12(2)17-11-21-18(20)19(17)13(3)15-10-6-8-14-7-4-5-9-16(14)15/h4-10,12-13,17H,11H2,1-3H3/t13-,17-/m1/s1. The molecule has 0 radical (unpaired) electrons. The summed E-state index contributed by atoms with van der Waals surface area (Å²) in [4.78, 5) is 14.0. The number of benzene rings is 2. The molecule has 3 rings (SSSR count). The molecule has 1 fully saturated rings. The molecular formula is C18H21NO2. The Labute approximate surface area is 125 Å². The van der Waals surface area contributed by atoms with Gasteiger partial charge in [-0.3, -0.25) is 4.90 Å². The molecule has 1 amide bonds. The summed E-state index contributed by atoms with van der Waals surface area (Å²) in [5.41, 5.74) is 1.18. The first kappa shape index (κ1) is 13.9. The molecule has 3 nitrogen and oxygen atoms in total. The first-order valence-corrected chi connectivity index (χ1v) is 7.52. The predicted molar refractivity (Wildman–Crippen MR) is 84.2 cm³/mol. The van der Waals surface area contributed by atoms with Crippen molar-refractivity contribution in [2.24, 2.45) is 5.92 Å². The molecule has 1 aliphatic heterocycles. The van der Waals surface area contributed by atoms with Gasteiger partial charge in [-0.25, -0.2) is 4.79 Å². The summed E-state index contributed by atoms with van der Waals surface area (Å²) in [7, 11) is 0. The minimum atomic E-state index is -0.200. The Morgan fingerprint density at radius 3 is 2.57 bits per heavy atom. The van der Waals surface area contributed by atoms with Crippen LogP contribution >= 0.6 is 0 Å². The topological polar surface area (TPSA) is 29.5 Å². The van der Waals surface area contributed by atoms with Crippen LogP contribution < -0.4 is 0 Å². The zero-order chi connectivity index (χ0) is 15.0. The molecule has 2 aromatic carbocycles. The zero-order valence-corrected chi connectivity index (χ0v) is 12.7. The Balaban J connectivity index is 2.03. The van der Waals surface area contributed by atoms with Gasteiger partial charge in [0.25, 0.3) is 0 Å². The third-order valence-electron chi connectivity index (χ3n) is 4.41. The van der Waals surface area contributed by atoms with Gasteiger partial charge < -0.3 is 4.74 Å². The van der Waals surface area contributed by atoms with E-state index < -0.39 is 0 Å². The number of fused-ring (bicyclic) bond motifs is 1. The van der Waals surface area contributed by atoms with Gasteiger partial charge in [0.2, 0.25) is 0 Å². The summed E-state index contributed by atoms with van der Waals surface area (Å²) < 4.78 is 5.28. The third-order valence-corrected chi connectivity index (χ3v) is 4.41. The molecule has 0 spiro atoms. The monoisotopic (exact) mass is 283 g/mol. The molecule has 0 bridgehead atoms. The predicted octanol–water partition coefficient (Wildman–Crippen LogP) is 4.38. The van der Waals surface area contributed by atoms with E-state index in [0.29, 0.717) is 12.5 Å². The molecule has 0 unspecified atom stereocenters. The van der Waals surface area contributed by atoms with E-state index in [1.165, 1.54) is 16.3 Å².